The van der Waals surface area contributed by atoms with Crippen LogP contribution in [0.1, 0.15) is 5.56 Å². The maximum absolute atomic E-state index is 13.5. The maximum Gasteiger partial charge on any atom is 0.143 e. The smallest absolute Gasteiger partial charge is 0.143 e. The molecule has 0 fully saturated rings. The molecular formula is C14H12FN3O. The lowest BCUT2D eigenvalue weighted by molar-refractivity contribution is 0.417. The molecule has 0 aliphatic carbocycles. The molecule has 0 saturated heterocycles. The number of nitrogens with one attached hydrogen (secondary N) is 1. The quantitative estimate of drug-likeness (QED) is 0.829. The normalized spacial score (nSPS) is 9.74. The minimum Gasteiger partial charge on any atom is -0.495 e. The largest absolute Gasteiger partial charge is 0.495 e. The average molecular weight is 257 g/mol. The summed E-state index contributed by atoms with van der Waals surface area (Å²) in [7, 11) is 1.51. The third-order valence-corrected chi connectivity index (χ3v) is 2.64. The van der Waals surface area contributed by atoms with Crippen molar-refractivity contribution < 1.29 is 9.13 Å². The lowest BCUT2D eigenvalue weighted by Gasteiger charge is -2.11. The van der Waals surface area contributed by atoms with E-state index in [1.54, 1.807) is 24.3 Å². The van der Waals surface area contributed by atoms with E-state index < -0.39 is 5.82 Å². The summed E-state index contributed by atoms with van der Waals surface area (Å²) in [6.45, 7) is 0. The number of nitriles is 1. The number of nitrogen functional groups attached to an aromatic ring is 1. The highest BCUT2D eigenvalue weighted by Crippen LogP contribution is 2.28. The first-order valence-electron chi connectivity index (χ1n) is 5.55. The molecule has 4 nitrogen and oxygen atoms in total. The van der Waals surface area contributed by atoms with Gasteiger partial charge in [-0.2, -0.15) is 5.26 Å². The Labute approximate surface area is 110 Å². The van der Waals surface area contributed by atoms with E-state index in [4.69, 9.17) is 15.7 Å². The standard InChI is InChI=1S/C14H12FN3O/c1-19-14-7-9(5-6-12(14)17)18-13-4-2-3-11(15)10(13)8-16/h2-7,18H,17H2,1H3. The number of hydrogen-bond donors (Lipinski definition) is 2. The number of nitrogens with two attached hydrogens (primary N) is 1. The SMILES string of the molecule is COc1cc(Nc2cccc(F)c2C#N)ccc1N. The van der Waals surface area contributed by atoms with Crippen molar-refractivity contribution in [2.75, 3.05) is 18.2 Å². The van der Waals surface area contributed by atoms with E-state index in [0.29, 0.717) is 22.8 Å². The van der Waals surface area contributed by atoms with Crippen LogP contribution in [0.5, 0.6) is 5.75 Å². The van der Waals surface area contributed by atoms with Gasteiger partial charge >= 0.3 is 0 Å². The highest BCUT2D eigenvalue weighted by molar-refractivity contribution is 5.70. The van der Waals surface area contributed by atoms with Gasteiger partial charge in [-0.1, -0.05) is 6.07 Å². The highest BCUT2D eigenvalue weighted by atomic mass is 19.1. The summed E-state index contributed by atoms with van der Waals surface area (Å²) in [6.07, 6.45) is 0. The van der Waals surface area contributed by atoms with E-state index in [-0.39, 0.29) is 5.56 Å². The van der Waals surface area contributed by atoms with Gasteiger partial charge in [-0.3, -0.25) is 0 Å². The first-order valence-corrected chi connectivity index (χ1v) is 5.55. The Kier molecular flexibility index (Phi) is 3.53. The minimum absolute atomic E-state index is 0.0294. The zero-order valence-electron chi connectivity index (χ0n) is 10.3. The molecular weight excluding hydrogens is 245 g/mol. The first-order chi connectivity index (χ1) is 9.15. The second-order valence-electron chi connectivity index (χ2n) is 3.86. The Bertz CT molecular complexity index is 650. The van der Waals surface area contributed by atoms with E-state index in [1.807, 2.05) is 6.07 Å². The van der Waals surface area contributed by atoms with Crippen LogP contribution in [0.15, 0.2) is 36.4 Å². The topological polar surface area (TPSA) is 71.1 Å². The summed E-state index contributed by atoms with van der Waals surface area (Å²) in [5.74, 6) is -0.0465. The molecule has 0 saturated carbocycles. The van der Waals surface area contributed by atoms with Crippen LogP contribution in [0.4, 0.5) is 21.5 Å². The summed E-state index contributed by atoms with van der Waals surface area (Å²) >= 11 is 0. The lowest BCUT2D eigenvalue weighted by Crippen LogP contribution is -1.98. The lowest BCUT2D eigenvalue weighted by atomic mass is 10.1. The molecule has 0 radical (unpaired) electrons. The number of anilines is 3. The number of halogens is 1. The van der Waals surface area contributed by atoms with Crippen molar-refractivity contribution in [3.8, 4) is 11.8 Å². The van der Waals surface area contributed by atoms with Crippen molar-refractivity contribution in [2.24, 2.45) is 0 Å². The fraction of sp³-hybridized carbons (Fsp3) is 0.0714. The molecule has 96 valence electrons. The summed E-state index contributed by atoms with van der Waals surface area (Å²) in [6, 6.07) is 11.3. The van der Waals surface area contributed by atoms with Crippen molar-refractivity contribution in [3.05, 3.63) is 47.8 Å². The number of benzene rings is 2. The average Bonchev–Trinajstić information content (AvgIpc) is 2.41. The van der Waals surface area contributed by atoms with E-state index >= 15 is 0 Å². The van der Waals surface area contributed by atoms with Gasteiger partial charge in [0.15, 0.2) is 0 Å². The molecule has 0 bridgehead atoms. The van der Waals surface area contributed by atoms with Gasteiger partial charge in [-0.15, -0.1) is 0 Å². The molecule has 0 amide bonds. The molecule has 0 spiro atoms. The zero-order chi connectivity index (χ0) is 13.8. The Hall–Kier alpha value is -2.74. The van der Waals surface area contributed by atoms with Crippen molar-refractivity contribution in [2.45, 2.75) is 0 Å². The Balaban J connectivity index is 2.37. The van der Waals surface area contributed by atoms with Crippen molar-refractivity contribution in [1.82, 2.24) is 0 Å². The van der Waals surface area contributed by atoms with Gasteiger partial charge in [0.05, 0.1) is 18.5 Å². The molecule has 0 aliphatic rings. The third-order valence-electron chi connectivity index (χ3n) is 2.64. The third kappa shape index (κ3) is 2.58. The molecule has 0 unspecified atom stereocenters. The van der Waals surface area contributed by atoms with Gasteiger partial charge in [-0.05, 0) is 24.3 Å². The Morgan fingerprint density at radius 2 is 2.11 bits per heavy atom. The van der Waals surface area contributed by atoms with Gasteiger partial charge < -0.3 is 15.8 Å². The van der Waals surface area contributed by atoms with Gasteiger partial charge in [-0.25, -0.2) is 4.39 Å². The number of rotatable bonds is 3. The number of ether oxygens (including phenoxy) is 1. The van der Waals surface area contributed by atoms with Crippen LogP contribution >= 0.6 is 0 Å². The van der Waals surface area contributed by atoms with E-state index in [1.165, 1.54) is 19.2 Å². The molecule has 3 N–H and O–H groups in total. The Morgan fingerprint density at radius 3 is 2.79 bits per heavy atom. The van der Waals surface area contributed by atoms with Gasteiger partial charge in [0, 0.05) is 11.8 Å². The van der Waals surface area contributed by atoms with Gasteiger partial charge in [0.25, 0.3) is 0 Å². The van der Waals surface area contributed by atoms with Crippen LogP contribution in [0.2, 0.25) is 0 Å². The first kappa shape index (κ1) is 12.7. The number of methoxy groups -OCH3 is 1. The van der Waals surface area contributed by atoms with Crippen LogP contribution in [0.3, 0.4) is 0 Å². The molecule has 19 heavy (non-hydrogen) atoms. The number of hydrogen-bond acceptors (Lipinski definition) is 4. The second kappa shape index (κ2) is 5.27. The molecule has 2 aromatic carbocycles. The fourth-order valence-corrected chi connectivity index (χ4v) is 1.69. The van der Waals surface area contributed by atoms with Crippen molar-refractivity contribution in [3.63, 3.8) is 0 Å². The summed E-state index contributed by atoms with van der Waals surface area (Å²) in [5, 5.41) is 11.9. The van der Waals surface area contributed by atoms with Crippen LogP contribution in [0.25, 0.3) is 0 Å². The predicted octanol–water partition coefficient (Wildman–Crippen LogP) is 3.03. The molecule has 0 atom stereocenters. The highest BCUT2D eigenvalue weighted by Gasteiger charge is 2.08. The van der Waals surface area contributed by atoms with E-state index in [0.717, 1.165) is 0 Å². The Morgan fingerprint density at radius 1 is 1.32 bits per heavy atom. The summed E-state index contributed by atoms with van der Waals surface area (Å²) < 4.78 is 18.6. The molecule has 0 aromatic heterocycles. The predicted molar refractivity (Wildman–Crippen MR) is 71.8 cm³/mol. The number of nitrogens with zero attached hydrogens (tertiary/aromatic N) is 1. The minimum atomic E-state index is -0.560. The maximum atomic E-state index is 13.5. The van der Waals surface area contributed by atoms with Crippen molar-refractivity contribution >= 4 is 17.1 Å². The second-order valence-corrected chi connectivity index (χ2v) is 3.86. The molecule has 0 heterocycles. The van der Waals surface area contributed by atoms with Gasteiger partial charge in [0.2, 0.25) is 0 Å². The van der Waals surface area contributed by atoms with Gasteiger partial charge in [0.1, 0.15) is 23.2 Å². The molecule has 2 rings (SSSR count). The molecule has 0 aliphatic heterocycles. The summed E-state index contributed by atoms with van der Waals surface area (Å²) in [5.41, 5.74) is 7.24. The van der Waals surface area contributed by atoms with E-state index in [2.05, 4.69) is 5.32 Å². The van der Waals surface area contributed by atoms with E-state index in [9.17, 15) is 4.39 Å². The molecule has 5 heteroatoms. The fourth-order valence-electron chi connectivity index (χ4n) is 1.69. The van der Waals surface area contributed by atoms with Crippen LogP contribution < -0.4 is 15.8 Å². The summed E-state index contributed by atoms with van der Waals surface area (Å²) in [4.78, 5) is 0. The monoisotopic (exact) mass is 257 g/mol. The van der Waals surface area contributed by atoms with Crippen LogP contribution in [-0.4, -0.2) is 7.11 Å². The zero-order valence-corrected chi connectivity index (χ0v) is 10.3. The van der Waals surface area contributed by atoms with Crippen LogP contribution in [-0.2, 0) is 0 Å². The van der Waals surface area contributed by atoms with Crippen LogP contribution in [0, 0.1) is 17.1 Å². The molecule has 2 aromatic rings. The van der Waals surface area contributed by atoms with Crippen molar-refractivity contribution in [1.29, 1.82) is 5.26 Å².